The quantitative estimate of drug-likeness (QED) is 0.894. The highest BCUT2D eigenvalue weighted by molar-refractivity contribution is 5.75. The molecule has 0 fully saturated rings. The molecule has 25 heavy (non-hydrogen) atoms. The lowest BCUT2D eigenvalue weighted by atomic mass is 9.94. The molecule has 132 valence electrons. The second kappa shape index (κ2) is 7.01. The van der Waals surface area contributed by atoms with Crippen molar-refractivity contribution in [2.24, 2.45) is 0 Å². The first-order chi connectivity index (χ1) is 11.9. The first-order valence-corrected chi connectivity index (χ1v) is 8.15. The maximum Gasteiger partial charge on any atom is 0.315 e. The predicted molar refractivity (Wildman–Crippen MR) is 92.2 cm³/mol. The van der Waals surface area contributed by atoms with Crippen LogP contribution < -0.4 is 20.1 Å². The summed E-state index contributed by atoms with van der Waals surface area (Å²) in [6.07, 6.45) is 0. The van der Waals surface area contributed by atoms with Gasteiger partial charge in [0.1, 0.15) is 19.0 Å². The average molecular weight is 344 g/mol. The number of urea groups is 1. The van der Waals surface area contributed by atoms with Crippen LogP contribution in [0.4, 0.5) is 9.18 Å². The van der Waals surface area contributed by atoms with E-state index in [9.17, 15) is 9.18 Å². The van der Waals surface area contributed by atoms with Crippen molar-refractivity contribution >= 4 is 6.03 Å². The van der Waals surface area contributed by atoms with Crippen molar-refractivity contribution in [2.45, 2.75) is 25.9 Å². The number of carbonyl (C=O) groups is 1. The van der Waals surface area contributed by atoms with Gasteiger partial charge in [-0.05, 0) is 49.2 Å². The van der Waals surface area contributed by atoms with Gasteiger partial charge in [-0.2, -0.15) is 0 Å². The number of ether oxygens (including phenoxy) is 2. The Balaban J connectivity index is 1.62. The van der Waals surface area contributed by atoms with Gasteiger partial charge in [0.2, 0.25) is 0 Å². The lowest BCUT2D eigenvalue weighted by Crippen LogP contribution is -2.46. The molecule has 1 heterocycles. The summed E-state index contributed by atoms with van der Waals surface area (Å²) in [4.78, 5) is 12.2. The zero-order valence-electron chi connectivity index (χ0n) is 14.3. The van der Waals surface area contributed by atoms with Gasteiger partial charge in [0, 0.05) is 6.54 Å². The van der Waals surface area contributed by atoms with E-state index < -0.39 is 5.54 Å². The number of fused-ring (bicyclic) bond motifs is 1. The predicted octanol–water partition coefficient (Wildman–Crippen LogP) is 3.33. The van der Waals surface area contributed by atoms with Gasteiger partial charge in [-0.3, -0.25) is 0 Å². The molecular formula is C19H21FN2O3. The van der Waals surface area contributed by atoms with Crippen LogP contribution in [0.25, 0.3) is 0 Å². The van der Waals surface area contributed by atoms with E-state index in [1.54, 1.807) is 12.1 Å². The molecule has 0 bridgehead atoms. The molecule has 5 nitrogen and oxygen atoms in total. The molecular weight excluding hydrogens is 323 g/mol. The number of amides is 2. The van der Waals surface area contributed by atoms with Crippen LogP contribution in [-0.4, -0.2) is 19.2 Å². The Kier molecular flexibility index (Phi) is 4.79. The third-order valence-electron chi connectivity index (χ3n) is 4.06. The lowest BCUT2D eigenvalue weighted by Gasteiger charge is -2.28. The van der Waals surface area contributed by atoms with E-state index in [-0.39, 0.29) is 11.8 Å². The van der Waals surface area contributed by atoms with Crippen LogP contribution in [0.15, 0.2) is 42.5 Å². The molecule has 1 aliphatic rings. The summed E-state index contributed by atoms with van der Waals surface area (Å²) in [5.74, 6) is 1.10. The van der Waals surface area contributed by atoms with Crippen LogP contribution in [-0.2, 0) is 12.1 Å². The average Bonchev–Trinajstić information content (AvgIpc) is 2.60. The standard InChI is InChI=1S/C19H21FN2O3/c1-19(2,14-5-8-16-17(11-14)25-10-9-24-16)22-18(23)21-12-13-3-6-15(20)7-4-13/h3-8,11H,9-10,12H2,1-2H3,(H2,21,22,23). The van der Waals surface area contributed by atoms with Crippen LogP contribution in [0.3, 0.4) is 0 Å². The Hall–Kier alpha value is -2.76. The highest BCUT2D eigenvalue weighted by Crippen LogP contribution is 2.34. The molecule has 1 aliphatic heterocycles. The fraction of sp³-hybridized carbons (Fsp3) is 0.316. The van der Waals surface area contributed by atoms with Gasteiger partial charge in [-0.25, -0.2) is 9.18 Å². The summed E-state index contributed by atoms with van der Waals surface area (Å²) >= 11 is 0. The summed E-state index contributed by atoms with van der Waals surface area (Å²) in [5.41, 5.74) is 1.14. The largest absolute Gasteiger partial charge is 0.486 e. The van der Waals surface area contributed by atoms with Crippen LogP contribution >= 0.6 is 0 Å². The molecule has 0 atom stereocenters. The zero-order chi connectivity index (χ0) is 17.9. The van der Waals surface area contributed by atoms with Crippen molar-refractivity contribution in [1.29, 1.82) is 0 Å². The first kappa shape index (κ1) is 17.1. The molecule has 0 aliphatic carbocycles. The number of benzene rings is 2. The van der Waals surface area contributed by atoms with Gasteiger partial charge in [0.15, 0.2) is 11.5 Å². The van der Waals surface area contributed by atoms with E-state index in [0.717, 1.165) is 11.1 Å². The zero-order valence-corrected chi connectivity index (χ0v) is 14.3. The number of hydrogen-bond acceptors (Lipinski definition) is 3. The summed E-state index contributed by atoms with van der Waals surface area (Å²) in [7, 11) is 0. The third-order valence-corrected chi connectivity index (χ3v) is 4.06. The molecule has 6 heteroatoms. The molecule has 2 aromatic rings. The monoisotopic (exact) mass is 344 g/mol. The van der Waals surface area contributed by atoms with E-state index in [1.807, 2.05) is 32.0 Å². The normalized spacial score (nSPS) is 13.2. The Bertz CT molecular complexity index is 760. The van der Waals surface area contributed by atoms with Crippen LogP contribution in [0, 0.1) is 5.82 Å². The summed E-state index contributed by atoms with van der Waals surface area (Å²) < 4.78 is 24.0. The topological polar surface area (TPSA) is 59.6 Å². The molecule has 0 saturated heterocycles. The molecule has 0 aromatic heterocycles. The van der Waals surface area contributed by atoms with Gasteiger partial charge < -0.3 is 20.1 Å². The van der Waals surface area contributed by atoms with Crippen molar-refractivity contribution in [3.05, 3.63) is 59.4 Å². The number of nitrogens with one attached hydrogen (secondary N) is 2. The number of halogens is 1. The maximum atomic E-state index is 12.9. The Labute approximate surface area is 146 Å². The highest BCUT2D eigenvalue weighted by Gasteiger charge is 2.25. The SMILES string of the molecule is CC(C)(NC(=O)NCc1ccc(F)cc1)c1ccc2c(c1)OCCO2. The third kappa shape index (κ3) is 4.21. The van der Waals surface area contributed by atoms with E-state index >= 15 is 0 Å². The molecule has 2 N–H and O–H groups in total. The highest BCUT2D eigenvalue weighted by atomic mass is 19.1. The smallest absolute Gasteiger partial charge is 0.315 e. The minimum Gasteiger partial charge on any atom is -0.486 e. The Morgan fingerprint density at radius 3 is 2.48 bits per heavy atom. The van der Waals surface area contributed by atoms with Crippen LogP contribution in [0.1, 0.15) is 25.0 Å². The molecule has 0 radical (unpaired) electrons. The lowest BCUT2D eigenvalue weighted by molar-refractivity contribution is 0.171. The number of carbonyl (C=O) groups excluding carboxylic acids is 1. The maximum absolute atomic E-state index is 12.9. The van der Waals surface area contributed by atoms with E-state index in [4.69, 9.17) is 9.47 Å². The molecule has 2 amide bonds. The van der Waals surface area contributed by atoms with Crippen molar-refractivity contribution < 1.29 is 18.7 Å². The van der Waals surface area contributed by atoms with Gasteiger partial charge in [-0.15, -0.1) is 0 Å². The molecule has 0 saturated carbocycles. The fourth-order valence-corrected chi connectivity index (χ4v) is 2.62. The molecule has 3 rings (SSSR count). The Morgan fingerprint density at radius 2 is 1.76 bits per heavy atom. The van der Waals surface area contributed by atoms with E-state index in [0.29, 0.717) is 31.3 Å². The number of rotatable bonds is 4. The summed E-state index contributed by atoms with van der Waals surface area (Å²) in [6.45, 7) is 5.21. The van der Waals surface area contributed by atoms with Gasteiger partial charge in [0.25, 0.3) is 0 Å². The van der Waals surface area contributed by atoms with Gasteiger partial charge in [-0.1, -0.05) is 18.2 Å². The fourth-order valence-electron chi connectivity index (χ4n) is 2.62. The van der Waals surface area contributed by atoms with Gasteiger partial charge in [0.05, 0.1) is 5.54 Å². The van der Waals surface area contributed by atoms with Crippen molar-refractivity contribution in [2.75, 3.05) is 13.2 Å². The van der Waals surface area contributed by atoms with Crippen molar-refractivity contribution in [3.8, 4) is 11.5 Å². The minimum absolute atomic E-state index is 0.298. The Morgan fingerprint density at radius 1 is 1.08 bits per heavy atom. The van der Waals surface area contributed by atoms with Crippen LogP contribution in [0.5, 0.6) is 11.5 Å². The van der Waals surface area contributed by atoms with Gasteiger partial charge >= 0.3 is 6.03 Å². The van der Waals surface area contributed by atoms with Crippen molar-refractivity contribution in [3.63, 3.8) is 0 Å². The summed E-state index contributed by atoms with van der Waals surface area (Å²) in [5, 5.41) is 5.72. The minimum atomic E-state index is -0.595. The second-order valence-electron chi connectivity index (χ2n) is 6.42. The first-order valence-electron chi connectivity index (χ1n) is 8.15. The number of hydrogen-bond donors (Lipinski definition) is 2. The van der Waals surface area contributed by atoms with E-state index in [2.05, 4.69) is 10.6 Å². The van der Waals surface area contributed by atoms with E-state index in [1.165, 1.54) is 12.1 Å². The van der Waals surface area contributed by atoms with Crippen LogP contribution in [0.2, 0.25) is 0 Å². The molecule has 2 aromatic carbocycles. The molecule has 0 spiro atoms. The van der Waals surface area contributed by atoms with Crippen molar-refractivity contribution in [1.82, 2.24) is 10.6 Å². The summed E-state index contributed by atoms with van der Waals surface area (Å²) in [6, 6.07) is 11.4. The second-order valence-corrected chi connectivity index (χ2v) is 6.42. The molecule has 0 unspecified atom stereocenters.